The first kappa shape index (κ1) is 8.48. The van der Waals surface area contributed by atoms with Gasteiger partial charge in [-0.3, -0.25) is 0 Å². The Morgan fingerprint density at radius 1 is 1.33 bits per heavy atom. The lowest BCUT2D eigenvalue weighted by Gasteiger charge is -1.93. The summed E-state index contributed by atoms with van der Waals surface area (Å²) in [6.45, 7) is 6.32. The maximum Gasteiger partial charge on any atom is -0.0288 e. The molecule has 0 aliphatic rings. The number of hydrogen-bond acceptors (Lipinski definition) is 0. The van der Waals surface area contributed by atoms with Crippen LogP contribution in [0.2, 0.25) is 0 Å². The average Bonchev–Trinajstić information content (AvgIpc) is 1.89. The molecule has 0 aromatic carbocycles. The highest BCUT2D eigenvalue weighted by Gasteiger charge is 1.82. The van der Waals surface area contributed by atoms with Crippen molar-refractivity contribution < 1.29 is 0 Å². The Morgan fingerprint density at radius 3 is 2.44 bits per heavy atom. The average molecular weight is 124 g/mol. The number of rotatable bonds is 3. The Kier molecular flexibility index (Phi) is 5.29. The first-order valence-electron chi connectivity index (χ1n) is 3.54. The van der Waals surface area contributed by atoms with Gasteiger partial charge in [0.1, 0.15) is 0 Å². The van der Waals surface area contributed by atoms with Crippen LogP contribution in [0.25, 0.3) is 0 Å². The highest BCUT2D eigenvalue weighted by Crippen LogP contribution is 2.02. The summed E-state index contributed by atoms with van der Waals surface area (Å²) >= 11 is 0. The van der Waals surface area contributed by atoms with Gasteiger partial charge in [0, 0.05) is 0 Å². The van der Waals surface area contributed by atoms with Crippen LogP contribution in [0.15, 0.2) is 23.8 Å². The van der Waals surface area contributed by atoms with E-state index in [2.05, 4.69) is 39.0 Å². The molecule has 0 atom stereocenters. The zero-order valence-electron chi connectivity index (χ0n) is 6.65. The van der Waals surface area contributed by atoms with E-state index in [1.165, 1.54) is 18.4 Å². The molecule has 0 radical (unpaired) electrons. The van der Waals surface area contributed by atoms with Crippen molar-refractivity contribution in [3.8, 4) is 0 Å². The van der Waals surface area contributed by atoms with Gasteiger partial charge in [-0.25, -0.2) is 0 Å². The molecule has 0 amide bonds. The monoisotopic (exact) mass is 124 g/mol. The van der Waals surface area contributed by atoms with Gasteiger partial charge in [0.05, 0.1) is 0 Å². The summed E-state index contributed by atoms with van der Waals surface area (Å²) in [5, 5.41) is 0. The number of hydrogen-bond donors (Lipinski definition) is 0. The number of allylic oxidation sites excluding steroid dienone is 4. The third kappa shape index (κ3) is 5.35. The maximum absolute atomic E-state index is 2.20. The van der Waals surface area contributed by atoms with Gasteiger partial charge in [-0.1, -0.05) is 23.8 Å². The molecule has 0 bridgehead atoms. The molecular formula is C9H16. The first-order valence-corrected chi connectivity index (χ1v) is 3.54. The van der Waals surface area contributed by atoms with E-state index in [1.807, 2.05) is 0 Å². The van der Waals surface area contributed by atoms with Crippen molar-refractivity contribution in [2.45, 2.75) is 33.6 Å². The maximum atomic E-state index is 2.20. The quantitative estimate of drug-likeness (QED) is 0.506. The fourth-order valence-electron chi connectivity index (χ4n) is 0.622. The highest BCUT2D eigenvalue weighted by atomic mass is 13.9. The second-order valence-corrected chi connectivity index (χ2v) is 2.24. The Bertz CT molecular complexity index is 107. The molecule has 0 nitrogen and oxygen atoms in total. The smallest absolute Gasteiger partial charge is 0.0288 e. The summed E-state index contributed by atoms with van der Waals surface area (Å²) in [6.07, 6.45) is 8.87. The summed E-state index contributed by atoms with van der Waals surface area (Å²) in [7, 11) is 0. The Morgan fingerprint density at radius 2 is 2.00 bits per heavy atom. The van der Waals surface area contributed by atoms with Crippen molar-refractivity contribution >= 4 is 0 Å². The standard InChI is InChI=1S/C9H16/c1-4-6-7-8-9(3)5-2/h4-6H,7-8H2,1-3H3/b6-4+,9-5+. The van der Waals surface area contributed by atoms with Gasteiger partial charge < -0.3 is 0 Å². The Hall–Kier alpha value is -0.520. The van der Waals surface area contributed by atoms with Gasteiger partial charge in [0.15, 0.2) is 0 Å². The topological polar surface area (TPSA) is 0 Å². The zero-order valence-corrected chi connectivity index (χ0v) is 6.65. The van der Waals surface area contributed by atoms with E-state index < -0.39 is 0 Å². The molecule has 0 aliphatic carbocycles. The van der Waals surface area contributed by atoms with Crippen LogP contribution in [-0.4, -0.2) is 0 Å². The van der Waals surface area contributed by atoms with E-state index in [4.69, 9.17) is 0 Å². The van der Waals surface area contributed by atoms with E-state index in [0.717, 1.165) is 0 Å². The van der Waals surface area contributed by atoms with E-state index in [9.17, 15) is 0 Å². The molecule has 0 heterocycles. The molecule has 9 heavy (non-hydrogen) atoms. The van der Waals surface area contributed by atoms with Crippen LogP contribution < -0.4 is 0 Å². The first-order chi connectivity index (χ1) is 4.31. The van der Waals surface area contributed by atoms with Gasteiger partial charge in [-0.05, 0) is 33.6 Å². The lowest BCUT2D eigenvalue weighted by atomic mass is 10.1. The molecule has 0 saturated heterocycles. The Labute approximate surface area is 58.3 Å². The highest BCUT2D eigenvalue weighted by molar-refractivity contribution is 4.97. The zero-order chi connectivity index (χ0) is 7.11. The molecule has 52 valence electrons. The Balaban J connectivity index is 3.28. The second-order valence-electron chi connectivity index (χ2n) is 2.24. The normalized spacial score (nSPS) is 13.0. The van der Waals surface area contributed by atoms with Crippen LogP contribution in [0.5, 0.6) is 0 Å². The lowest BCUT2D eigenvalue weighted by Crippen LogP contribution is -1.72. The van der Waals surface area contributed by atoms with Crippen molar-refractivity contribution in [1.82, 2.24) is 0 Å². The van der Waals surface area contributed by atoms with Crippen molar-refractivity contribution in [2.75, 3.05) is 0 Å². The molecule has 0 unspecified atom stereocenters. The van der Waals surface area contributed by atoms with Crippen LogP contribution in [0.3, 0.4) is 0 Å². The summed E-state index contributed by atoms with van der Waals surface area (Å²) in [4.78, 5) is 0. The molecule has 0 saturated carbocycles. The van der Waals surface area contributed by atoms with Gasteiger partial charge in [-0.15, -0.1) is 0 Å². The van der Waals surface area contributed by atoms with E-state index in [0.29, 0.717) is 0 Å². The van der Waals surface area contributed by atoms with Gasteiger partial charge in [-0.2, -0.15) is 0 Å². The molecule has 0 fully saturated rings. The molecule has 0 aromatic heterocycles. The van der Waals surface area contributed by atoms with Crippen molar-refractivity contribution in [2.24, 2.45) is 0 Å². The summed E-state index contributed by atoms with van der Waals surface area (Å²) < 4.78 is 0. The summed E-state index contributed by atoms with van der Waals surface area (Å²) in [5.41, 5.74) is 1.48. The summed E-state index contributed by atoms with van der Waals surface area (Å²) in [6, 6.07) is 0. The summed E-state index contributed by atoms with van der Waals surface area (Å²) in [5.74, 6) is 0. The molecule has 0 heteroatoms. The molecular weight excluding hydrogens is 108 g/mol. The van der Waals surface area contributed by atoms with Gasteiger partial charge in [0.25, 0.3) is 0 Å². The minimum absolute atomic E-state index is 1.19. The van der Waals surface area contributed by atoms with Crippen molar-refractivity contribution in [1.29, 1.82) is 0 Å². The van der Waals surface area contributed by atoms with Crippen LogP contribution in [0.4, 0.5) is 0 Å². The molecule has 0 rings (SSSR count). The minimum atomic E-state index is 1.19. The minimum Gasteiger partial charge on any atom is -0.0917 e. The lowest BCUT2D eigenvalue weighted by molar-refractivity contribution is 0.972. The molecule has 0 N–H and O–H groups in total. The van der Waals surface area contributed by atoms with E-state index in [-0.39, 0.29) is 0 Å². The van der Waals surface area contributed by atoms with Gasteiger partial charge >= 0.3 is 0 Å². The van der Waals surface area contributed by atoms with Gasteiger partial charge in [0.2, 0.25) is 0 Å². The predicted molar refractivity (Wildman–Crippen MR) is 43.5 cm³/mol. The SMILES string of the molecule is C/C=C/CC/C(C)=C/C. The van der Waals surface area contributed by atoms with Crippen molar-refractivity contribution in [3.05, 3.63) is 23.8 Å². The van der Waals surface area contributed by atoms with Crippen LogP contribution >= 0.6 is 0 Å². The molecule has 0 aromatic rings. The van der Waals surface area contributed by atoms with E-state index >= 15 is 0 Å². The van der Waals surface area contributed by atoms with Crippen molar-refractivity contribution in [3.63, 3.8) is 0 Å². The van der Waals surface area contributed by atoms with Crippen LogP contribution in [0, 0.1) is 0 Å². The fraction of sp³-hybridized carbons (Fsp3) is 0.556. The third-order valence-corrected chi connectivity index (χ3v) is 1.43. The molecule has 0 aliphatic heterocycles. The van der Waals surface area contributed by atoms with E-state index in [1.54, 1.807) is 0 Å². The third-order valence-electron chi connectivity index (χ3n) is 1.43. The predicted octanol–water partition coefficient (Wildman–Crippen LogP) is 3.31. The van der Waals surface area contributed by atoms with Crippen LogP contribution in [0.1, 0.15) is 33.6 Å². The molecule has 0 spiro atoms. The van der Waals surface area contributed by atoms with Crippen LogP contribution in [-0.2, 0) is 0 Å². The second kappa shape index (κ2) is 5.61. The largest absolute Gasteiger partial charge is 0.0917 e. The fourth-order valence-corrected chi connectivity index (χ4v) is 0.622.